The standard InChI is InChI=1S/C35H49N2.HI/c1-7-9-11-17-26-36-30-22-15-13-20-28(30)34(3,4)32(36)24-19-25-33-35(5,6)29-21-14-16-23-31(29)37(33)27-18-12-10-8-2;/h13-16,19-25H,7-12,17-18,26-27H2,1-6H3;1H/q+1;/p-1. The highest BCUT2D eigenvalue weighted by atomic mass is 127. The van der Waals surface area contributed by atoms with Crippen LogP contribution in [0.1, 0.15) is 104 Å². The number of para-hydroxylation sites is 2. The summed E-state index contributed by atoms with van der Waals surface area (Å²) in [4.78, 5) is 2.59. The van der Waals surface area contributed by atoms with Crippen LogP contribution in [-0.4, -0.2) is 23.4 Å². The van der Waals surface area contributed by atoms with Crippen LogP contribution in [0.2, 0.25) is 0 Å². The molecule has 0 N–H and O–H groups in total. The zero-order valence-electron chi connectivity index (χ0n) is 24.7. The molecule has 2 aromatic rings. The van der Waals surface area contributed by atoms with Crippen LogP contribution in [0.5, 0.6) is 0 Å². The molecule has 0 fully saturated rings. The van der Waals surface area contributed by atoms with Gasteiger partial charge >= 0.3 is 0 Å². The molecule has 2 aliphatic heterocycles. The lowest BCUT2D eigenvalue weighted by Gasteiger charge is -2.27. The van der Waals surface area contributed by atoms with E-state index in [1.54, 1.807) is 0 Å². The minimum absolute atomic E-state index is 0. The first-order valence-electron chi connectivity index (χ1n) is 14.8. The molecule has 4 rings (SSSR count). The molecule has 3 heteroatoms. The Morgan fingerprint density at radius 2 is 1.37 bits per heavy atom. The molecule has 2 heterocycles. The Kier molecular flexibility index (Phi) is 10.9. The molecule has 0 saturated carbocycles. The Labute approximate surface area is 250 Å². The predicted molar refractivity (Wildman–Crippen MR) is 162 cm³/mol. The molecule has 0 aliphatic carbocycles. The van der Waals surface area contributed by atoms with Crippen LogP contribution in [0.3, 0.4) is 0 Å². The zero-order valence-corrected chi connectivity index (χ0v) is 26.9. The molecule has 0 spiro atoms. The third-order valence-corrected chi connectivity index (χ3v) is 8.58. The van der Waals surface area contributed by atoms with Gasteiger partial charge in [-0.25, -0.2) is 0 Å². The largest absolute Gasteiger partial charge is 1.00 e. The number of rotatable bonds is 12. The first-order chi connectivity index (χ1) is 17.8. The lowest BCUT2D eigenvalue weighted by Crippen LogP contribution is -3.00. The Balaban J connectivity index is 0.00000400. The first kappa shape index (κ1) is 30.7. The summed E-state index contributed by atoms with van der Waals surface area (Å²) >= 11 is 0. The summed E-state index contributed by atoms with van der Waals surface area (Å²) < 4.78 is 2.59. The van der Waals surface area contributed by atoms with Gasteiger partial charge in [-0.2, -0.15) is 4.58 Å². The topological polar surface area (TPSA) is 6.25 Å². The van der Waals surface area contributed by atoms with Crippen molar-refractivity contribution in [2.24, 2.45) is 0 Å². The van der Waals surface area contributed by atoms with Crippen LogP contribution in [0, 0.1) is 0 Å². The van der Waals surface area contributed by atoms with E-state index >= 15 is 0 Å². The molecule has 2 aromatic carbocycles. The summed E-state index contributed by atoms with van der Waals surface area (Å²) in [6.45, 7) is 16.3. The lowest BCUT2D eigenvalue weighted by molar-refractivity contribution is -0.438. The van der Waals surface area contributed by atoms with E-state index in [-0.39, 0.29) is 34.8 Å². The molecule has 38 heavy (non-hydrogen) atoms. The van der Waals surface area contributed by atoms with E-state index in [2.05, 4.69) is 118 Å². The molecule has 0 amide bonds. The summed E-state index contributed by atoms with van der Waals surface area (Å²) in [5.41, 5.74) is 8.53. The first-order valence-corrected chi connectivity index (χ1v) is 14.8. The molecule has 0 saturated heterocycles. The van der Waals surface area contributed by atoms with Gasteiger partial charge in [0.15, 0.2) is 5.71 Å². The van der Waals surface area contributed by atoms with Crippen molar-refractivity contribution in [2.45, 2.75) is 104 Å². The maximum absolute atomic E-state index is 2.59. The molecular formula is C35H49IN2. The van der Waals surface area contributed by atoms with Gasteiger partial charge in [-0.1, -0.05) is 102 Å². The predicted octanol–water partition coefficient (Wildman–Crippen LogP) is 6.47. The maximum atomic E-state index is 2.59. The Morgan fingerprint density at radius 3 is 2.08 bits per heavy atom. The maximum Gasteiger partial charge on any atom is 0.209 e. The summed E-state index contributed by atoms with van der Waals surface area (Å²) in [5, 5.41) is 0. The number of nitrogens with zero attached hydrogens (tertiary/aromatic N) is 2. The number of hydrogen-bond donors (Lipinski definition) is 0. The number of unbranched alkanes of at least 4 members (excludes halogenated alkanes) is 6. The molecule has 0 atom stereocenters. The molecule has 0 unspecified atom stereocenters. The van der Waals surface area contributed by atoms with Gasteiger partial charge in [0.2, 0.25) is 5.69 Å². The van der Waals surface area contributed by atoms with Crippen LogP contribution in [0.4, 0.5) is 11.4 Å². The second-order valence-electron chi connectivity index (χ2n) is 12.0. The third-order valence-electron chi connectivity index (χ3n) is 8.58. The van der Waals surface area contributed by atoms with Crippen molar-refractivity contribution in [3.63, 3.8) is 0 Å². The number of fused-ring (bicyclic) bond motifs is 2. The molecule has 0 aromatic heterocycles. The molecule has 0 radical (unpaired) electrons. The highest BCUT2D eigenvalue weighted by Crippen LogP contribution is 2.48. The molecule has 2 nitrogen and oxygen atoms in total. The van der Waals surface area contributed by atoms with Crippen molar-refractivity contribution >= 4 is 17.1 Å². The van der Waals surface area contributed by atoms with E-state index in [0.717, 1.165) is 13.1 Å². The fourth-order valence-corrected chi connectivity index (χ4v) is 6.39. The van der Waals surface area contributed by atoms with Crippen molar-refractivity contribution in [1.82, 2.24) is 0 Å². The fraction of sp³-hybridized carbons (Fsp3) is 0.514. The number of benzene rings is 2. The van der Waals surface area contributed by atoms with Gasteiger partial charge in [0.1, 0.15) is 6.54 Å². The van der Waals surface area contributed by atoms with Gasteiger partial charge in [-0.3, -0.25) is 0 Å². The van der Waals surface area contributed by atoms with Gasteiger partial charge in [0, 0.05) is 47.5 Å². The van der Waals surface area contributed by atoms with Gasteiger partial charge in [-0.05, 0) is 44.4 Å². The fourth-order valence-electron chi connectivity index (χ4n) is 6.39. The summed E-state index contributed by atoms with van der Waals surface area (Å²) in [6, 6.07) is 18.0. The van der Waals surface area contributed by atoms with Crippen LogP contribution < -0.4 is 28.9 Å². The SMILES string of the molecule is CCCCCCN1/C(=C\C=C\C2=[N+](CCCCCC)c3ccccc3C2(C)C)C(C)(C)c2ccccc21.[I-]. The van der Waals surface area contributed by atoms with Crippen LogP contribution >= 0.6 is 0 Å². The molecule has 2 aliphatic rings. The molecular weight excluding hydrogens is 575 g/mol. The van der Waals surface area contributed by atoms with E-state index in [1.165, 1.54) is 85.3 Å². The van der Waals surface area contributed by atoms with Gasteiger partial charge in [0.05, 0.1) is 5.41 Å². The number of halogens is 1. The van der Waals surface area contributed by atoms with Crippen molar-refractivity contribution in [1.29, 1.82) is 0 Å². The number of hydrogen-bond acceptors (Lipinski definition) is 1. The second-order valence-corrected chi connectivity index (χ2v) is 12.0. The van der Waals surface area contributed by atoms with E-state index < -0.39 is 0 Å². The van der Waals surface area contributed by atoms with Gasteiger partial charge < -0.3 is 28.9 Å². The highest BCUT2D eigenvalue weighted by Gasteiger charge is 2.44. The van der Waals surface area contributed by atoms with E-state index in [9.17, 15) is 0 Å². The average molecular weight is 625 g/mol. The van der Waals surface area contributed by atoms with Crippen molar-refractivity contribution in [3.05, 3.63) is 83.6 Å². The molecule has 0 bridgehead atoms. The highest BCUT2D eigenvalue weighted by molar-refractivity contribution is 6.03. The van der Waals surface area contributed by atoms with Crippen molar-refractivity contribution in [2.75, 3.05) is 18.0 Å². The Hall–Kier alpha value is -1.88. The third kappa shape index (κ3) is 6.13. The second kappa shape index (κ2) is 13.5. The van der Waals surface area contributed by atoms with E-state index in [0.29, 0.717) is 0 Å². The van der Waals surface area contributed by atoms with Gasteiger partial charge in [0.25, 0.3) is 0 Å². The monoisotopic (exact) mass is 624 g/mol. The Morgan fingerprint density at radius 1 is 0.737 bits per heavy atom. The smallest absolute Gasteiger partial charge is 0.209 e. The summed E-state index contributed by atoms with van der Waals surface area (Å²) in [7, 11) is 0. The van der Waals surface area contributed by atoms with E-state index in [1.807, 2.05) is 0 Å². The minimum Gasteiger partial charge on any atom is -1.00 e. The molecule has 206 valence electrons. The van der Waals surface area contributed by atoms with Crippen molar-refractivity contribution < 1.29 is 28.6 Å². The number of anilines is 1. The normalized spacial score (nSPS) is 18.3. The quantitative estimate of drug-likeness (QED) is 0.149. The van der Waals surface area contributed by atoms with Crippen LogP contribution in [0.25, 0.3) is 0 Å². The summed E-state index contributed by atoms with van der Waals surface area (Å²) in [6.07, 6.45) is 17.4. The van der Waals surface area contributed by atoms with Gasteiger partial charge in [-0.15, -0.1) is 0 Å². The average Bonchev–Trinajstić information content (AvgIpc) is 3.24. The number of allylic oxidation sites excluding steroid dienone is 4. The summed E-state index contributed by atoms with van der Waals surface area (Å²) in [5.74, 6) is 0. The lowest BCUT2D eigenvalue weighted by atomic mass is 9.81. The Bertz CT molecular complexity index is 1170. The van der Waals surface area contributed by atoms with Crippen LogP contribution in [0.15, 0.2) is 72.5 Å². The van der Waals surface area contributed by atoms with Crippen molar-refractivity contribution in [3.8, 4) is 0 Å². The zero-order chi connectivity index (χ0) is 26.5. The van der Waals surface area contributed by atoms with E-state index in [4.69, 9.17) is 0 Å². The van der Waals surface area contributed by atoms with Crippen LogP contribution in [-0.2, 0) is 10.8 Å². The minimum atomic E-state index is 0.